The Balaban J connectivity index is 1.75. The lowest BCUT2D eigenvalue weighted by Crippen LogP contribution is -2.41. The van der Waals surface area contributed by atoms with Crippen LogP contribution in [0.15, 0.2) is 71.6 Å². The Morgan fingerprint density at radius 2 is 1.65 bits per heavy atom. The minimum atomic E-state index is -4.21. The number of amides is 1. The van der Waals surface area contributed by atoms with Crippen molar-refractivity contribution >= 4 is 21.6 Å². The maximum Gasteiger partial charge on any atom is 0.264 e. The highest BCUT2D eigenvalue weighted by atomic mass is 32.2. The third kappa shape index (κ3) is 7.13. The number of nitrogens with zero attached hydrogens (tertiary/aromatic N) is 1. The molecule has 1 amide bonds. The Morgan fingerprint density at radius 1 is 0.946 bits per heavy atom. The van der Waals surface area contributed by atoms with Gasteiger partial charge in [-0.25, -0.2) is 12.8 Å². The molecule has 198 valence electrons. The van der Waals surface area contributed by atoms with Crippen LogP contribution >= 0.6 is 0 Å². The van der Waals surface area contributed by atoms with Crippen LogP contribution in [0.25, 0.3) is 0 Å². The van der Waals surface area contributed by atoms with Crippen molar-refractivity contribution in [3.8, 4) is 17.2 Å². The number of para-hydroxylation sites is 1. The number of aryl methyl sites for hydroxylation is 1. The van der Waals surface area contributed by atoms with Gasteiger partial charge in [0.2, 0.25) is 5.91 Å². The molecule has 10 heteroatoms. The maximum atomic E-state index is 13.6. The van der Waals surface area contributed by atoms with E-state index in [2.05, 4.69) is 5.32 Å². The highest BCUT2D eigenvalue weighted by molar-refractivity contribution is 7.92. The molecular weight excluding hydrogens is 499 g/mol. The molecule has 3 rings (SSSR count). The minimum absolute atomic E-state index is 0.102. The maximum absolute atomic E-state index is 13.6. The fourth-order valence-electron chi connectivity index (χ4n) is 3.73. The van der Waals surface area contributed by atoms with Gasteiger partial charge < -0.3 is 19.5 Å². The Morgan fingerprint density at radius 3 is 2.32 bits per heavy atom. The molecule has 0 fully saturated rings. The average Bonchev–Trinajstić information content (AvgIpc) is 2.90. The van der Waals surface area contributed by atoms with Crippen molar-refractivity contribution < 1.29 is 31.8 Å². The van der Waals surface area contributed by atoms with E-state index in [-0.39, 0.29) is 16.3 Å². The summed E-state index contributed by atoms with van der Waals surface area (Å²) >= 11 is 0. The number of nitrogens with one attached hydrogen (secondary N) is 1. The summed E-state index contributed by atoms with van der Waals surface area (Å²) in [7, 11) is -1.37. The molecule has 0 radical (unpaired) electrons. The Hall–Kier alpha value is -3.79. The predicted octanol–water partition coefficient (Wildman–Crippen LogP) is 4.19. The highest BCUT2D eigenvalue weighted by Crippen LogP contribution is 2.32. The number of anilines is 1. The van der Waals surface area contributed by atoms with E-state index in [9.17, 15) is 17.6 Å². The molecule has 3 aromatic carbocycles. The molecule has 0 saturated carbocycles. The highest BCUT2D eigenvalue weighted by Gasteiger charge is 2.28. The summed E-state index contributed by atoms with van der Waals surface area (Å²) < 4.78 is 57.7. The first kappa shape index (κ1) is 27.8. The molecule has 0 spiro atoms. The molecular formula is C27H31FN2O6S. The van der Waals surface area contributed by atoms with E-state index in [1.54, 1.807) is 0 Å². The molecule has 0 atom stereocenters. The van der Waals surface area contributed by atoms with Gasteiger partial charge in [0, 0.05) is 12.6 Å². The van der Waals surface area contributed by atoms with Gasteiger partial charge in [-0.3, -0.25) is 9.10 Å². The molecule has 0 unspecified atom stereocenters. The van der Waals surface area contributed by atoms with Crippen molar-refractivity contribution in [2.24, 2.45) is 0 Å². The van der Waals surface area contributed by atoms with E-state index in [4.69, 9.17) is 14.2 Å². The summed E-state index contributed by atoms with van der Waals surface area (Å²) in [5.41, 5.74) is 1.18. The molecule has 0 aliphatic heterocycles. The molecule has 0 aromatic heterocycles. The third-order valence-corrected chi connectivity index (χ3v) is 7.33. The second-order valence-corrected chi connectivity index (χ2v) is 9.86. The van der Waals surface area contributed by atoms with Gasteiger partial charge in [0.25, 0.3) is 10.0 Å². The van der Waals surface area contributed by atoms with E-state index in [1.165, 1.54) is 44.6 Å². The van der Waals surface area contributed by atoms with E-state index in [0.717, 1.165) is 27.8 Å². The van der Waals surface area contributed by atoms with Crippen LogP contribution in [0.1, 0.15) is 18.9 Å². The van der Waals surface area contributed by atoms with Gasteiger partial charge in [0.05, 0.1) is 31.4 Å². The summed E-state index contributed by atoms with van der Waals surface area (Å²) in [6.07, 6.45) is 1.32. The lowest BCUT2D eigenvalue weighted by Gasteiger charge is -2.24. The number of halogens is 1. The minimum Gasteiger partial charge on any atom is -0.494 e. The smallest absolute Gasteiger partial charge is 0.264 e. The number of ether oxygens (including phenoxy) is 3. The molecule has 37 heavy (non-hydrogen) atoms. The number of carbonyl (C=O) groups excluding carboxylic acids is 1. The Labute approximate surface area is 217 Å². The predicted molar refractivity (Wildman–Crippen MR) is 139 cm³/mol. The standard InChI is InChI=1S/C27H31FN2O6S/c1-4-36-24-10-6-5-8-20(24)9-7-17-29-27(31)19-30(22-13-11-21(28)12-14-22)37(32,33)23-15-16-25(34-2)26(18-23)35-3/h5-6,8,10-16,18H,4,7,9,17,19H2,1-3H3,(H,29,31). The first-order valence-corrected chi connectivity index (χ1v) is 13.2. The van der Waals surface area contributed by atoms with E-state index in [0.29, 0.717) is 31.7 Å². The molecule has 1 N–H and O–H groups in total. The van der Waals surface area contributed by atoms with Gasteiger partial charge in [-0.2, -0.15) is 0 Å². The zero-order chi connectivity index (χ0) is 26.8. The van der Waals surface area contributed by atoms with Crippen molar-refractivity contribution in [3.05, 3.63) is 78.1 Å². The Bertz CT molecular complexity index is 1300. The van der Waals surface area contributed by atoms with Gasteiger partial charge in [0.1, 0.15) is 18.1 Å². The van der Waals surface area contributed by atoms with Crippen LogP contribution in [-0.2, 0) is 21.2 Å². The second kappa shape index (κ2) is 13.0. The number of hydrogen-bond donors (Lipinski definition) is 1. The quantitative estimate of drug-likeness (QED) is 0.333. The Kier molecular flexibility index (Phi) is 9.73. The zero-order valence-corrected chi connectivity index (χ0v) is 21.9. The monoisotopic (exact) mass is 530 g/mol. The molecule has 0 heterocycles. The lowest BCUT2D eigenvalue weighted by molar-refractivity contribution is -0.119. The molecule has 3 aromatic rings. The molecule has 0 bridgehead atoms. The fraction of sp³-hybridized carbons (Fsp3) is 0.296. The summed E-state index contributed by atoms with van der Waals surface area (Å²) in [6.45, 7) is 2.33. The van der Waals surface area contributed by atoms with Crippen molar-refractivity contribution in [2.45, 2.75) is 24.7 Å². The number of rotatable bonds is 13. The van der Waals surface area contributed by atoms with Gasteiger partial charge in [-0.1, -0.05) is 18.2 Å². The zero-order valence-electron chi connectivity index (χ0n) is 21.1. The SMILES string of the molecule is CCOc1ccccc1CCCNC(=O)CN(c1ccc(F)cc1)S(=O)(=O)c1ccc(OC)c(OC)c1. The summed E-state index contributed by atoms with van der Waals surface area (Å²) in [5, 5.41) is 2.78. The van der Waals surface area contributed by atoms with E-state index < -0.39 is 28.3 Å². The number of hydrogen-bond acceptors (Lipinski definition) is 6. The number of carbonyl (C=O) groups is 1. The number of benzene rings is 3. The average molecular weight is 531 g/mol. The molecule has 0 aliphatic rings. The van der Waals surface area contributed by atoms with Crippen LogP contribution in [0.3, 0.4) is 0 Å². The fourth-order valence-corrected chi connectivity index (χ4v) is 5.16. The van der Waals surface area contributed by atoms with Gasteiger partial charge in [0.15, 0.2) is 11.5 Å². The van der Waals surface area contributed by atoms with Crippen LogP contribution in [0, 0.1) is 5.82 Å². The normalized spacial score (nSPS) is 11.0. The largest absolute Gasteiger partial charge is 0.494 e. The topological polar surface area (TPSA) is 94.2 Å². The number of sulfonamides is 1. The van der Waals surface area contributed by atoms with Gasteiger partial charge in [-0.05, 0) is 67.8 Å². The van der Waals surface area contributed by atoms with Crippen LogP contribution in [-0.4, -0.2) is 48.2 Å². The summed E-state index contributed by atoms with van der Waals surface area (Å²) in [5.74, 6) is 0.369. The third-order valence-electron chi connectivity index (χ3n) is 5.56. The van der Waals surface area contributed by atoms with Gasteiger partial charge >= 0.3 is 0 Å². The first-order valence-electron chi connectivity index (χ1n) is 11.8. The van der Waals surface area contributed by atoms with Crippen molar-refractivity contribution in [3.63, 3.8) is 0 Å². The van der Waals surface area contributed by atoms with Crippen molar-refractivity contribution in [1.82, 2.24) is 5.32 Å². The summed E-state index contributed by atoms with van der Waals surface area (Å²) in [4.78, 5) is 12.7. The van der Waals surface area contributed by atoms with Crippen LogP contribution in [0.4, 0.5) is 10.1 Å². The molecule has 8 nitrogen and oxygen atoms in total. The molecule has 0 aliphatic carbocycles. The van der Waals surface area contributed by atoms with E-state index >= 15 is 0 Å². The van der Waals surface area contributed by atoms with Crippen LogP contribution < -0.4 is 23.8 Å². The second-order valence-electron chi connectivity index (χ2n) is 8.00. The van der Waals surface area contributed by atoms with Crippen LogP contribution in [0.2, 0.25) is 0 Å². The van der Waals surface area contributed by atoms with Crippen LogP contribution in [0.5, 0.6) is 17.2 Å². The van der Waals surface area contributed by atoms with Crippen molar-refractivity contribution in [2.75, 3.05) is 38.2 Å². The van der Waals surface area contributed by atoms with Crippen molar-refractivity contribution in [1.29, 1.82) is 0 Å². The van der Waals surface area contributed by atoms with E-state index in [1.807, 2.05) is 31.2 Å². The molecule has 0 saturated heterocycles. The number of methoxy groups -OCH3 is 2. The lowest BCUT2D eigenvalue weighted by atomic mass is 10.1. The first-order chi connectivity index (χ1) is 17.8. The van der Waals surface area contributed by atoms with Gasteiger partial charge in [-0.15, -0.1) is 0 Å². The summed E-state index contributed by atoms with van der Waals surface area (Å²) in [6, 6.07) is 16.7.